The number of nitrogens with one attached hydrogen (secondary N) is 1. The molecule has 2 aromatic heterocycles. The van der Waals surface area contributed by atoms with Crippen molar-refractivity contribution in [3.63, 3.8) is 0 Å². The van der Waals surface area contributed by atoms with Crippen molar-refractivity contribution in [1.29, 1.82) is 0 Å². The average molecular weight is 373 g/mol. The average Bonchev–Trinajstić information content (AvgIpc) is 3.25. The summed E-state index contributed by atoms with van der Waals surface area (Å²) in [6, 6.07) is 15.3. The normalized spacial score (nSPS) is 11.0. The number of rotatable bonds is 3. The quantitative estimate of drug-likeness (QED) is 0.509. The zero-order valence-electron chi connectivity index (χ0n) is 12.6. The van der Waals surface area contributed by atoms with Crippen molar-refractivity contribution < 1.29 is 13.6 Å². The van der Waals surface area contributed by atoms with Gasteiger partial charge in [0.1, 0.15) is 0 Å². The number of fused-ring (bicyclic) bond motifs is 1. The molecule has 4 rings (SSSR count). The minimum atomic E-state index is -0.685. The Labute approximate surface area is 150 Å². The van der Waals surface area contributed by atoms with Crippen molar-refractivity contribution in [3.05, 3.63) is 71.2 Å². The molecule has 0 saturated carbocycles. The molecule has 25 heavy (non-hydrogen) atoms. The van der Waals surface area contributed by atoms with Gasteiger partial charge in [-0.25, -0.2) is 9.37 Å². The fourth-order valence-corrected chi connectivity index (χ4v) is 3.44. The molecule has 1 N–H and O–H groups in total. The standard InChI is InChI=1S/C18H10ClFN2O2S/c19-10-4-3-6-12(16(10)20)21-17(23)13-8-9-14(24-13)18-22-11-5-1-2-7-15(11)25-18/h1-9H,(H,21,23). The second-order valence-electron chi connectivity index (χ2n) is 5.21. The van der Waals surface area contributed by atoms with Crippen LogP contribution in [0.2, 0.25) is 5.02 Å². The fraction of sp³-hybridized carbons (Fsp3) is 0. The van der Waals surface area contributed by atoms with Crippen LogP contribution < -0.4 is 5.32 Å². The molecule has 124 valence electrons. The van der Waals surface area contributed by atoms with Gasteiger partial charge in [0, 0.05) is 0 Å². The lowest BCUT2D eigenvalue weighted by molar-refractivity contribution is 0.0997. The lowest BCUT2D eigenvalue weighted by Gasteiger charge is -2.05. The molecule has 7 heteroatoms. The summed E-state index contributed by atoms with van der Waals surface area (Å²) in [5.41, 5.74) is 0.862. The van der Waals surface area contributed by atoms with Crippen molar-refractivity contribution in [1.82, 2.24) is 4.98 Å². The Morgan fingerprint density at radius 2 is 1.96 bits per heavy atom. The Morgan fingerprint density at radius 3 is 2.80 bits per heavy atom. The third-order valence-electron chi connectivity index (χ3n) is 3.53. The smallest absolute Gasteiger partial charge is 0.291 e. The second kappa shape index (κ2) is 6.31. The summed E-state index contributed by atoms with van der Waals surface area (Å²) in [6.07, 6.45) is 0. The second-order valence-corrected chi connectivity index (χ2v) is 6.64. The molecule has 0 fully saturated rings. The van der Waals surface area contributed by atoms with Crippen LogP contribution in [0.4, 0.5) is 10.1 Å². The van der Waals surface area contributed by atoms with Crippen LogP contribution in [0.15, 0.2) is 59.0 Å². The van der Waals surface area contributed by atoms with Gasteiger partial charge in [-0.1, -0.05) is 29.8 Å². The monoisotopic (exact) mass is 372 g/mol. The van der Waals surface area contributed by atoms with Crippen LogP contribution in [0.3, 0.4) is 0 Å². The summed E-state index contributed by atoms with van der Waals surface area (Å²) in [4.78, 5) is 16.7. The number of para-hydroxylation sites is 1. The highest BCUT2D eigenvalue weighted by Gasteiger charge is 2.17. The predicted octanol–water partition coefficient (Wildman–Crippen LogP) is 5.60. The van der Waals surface area contributed by atoms with E-state index in [9.17, 15) is 9.18 Å². The first-order chi connectivity index (χ1) is 12.1. The molecular weight excluding hydrogens is 363 g/mol. The molecule has 4 aromatic rings. The molecule has 1 amide bonds. The van der Waals surface area contributed by atoms with Gasteiger partial charge in [-0.2, -0.15) is 0 Å². The van der Waals surface area contributed by atoms with E-state index in [1.54, 1.807) is 12.1 Å². The van der Waals surface area contributed by atoms with Crippen LogP contribution in [0.25, 0.3) is 21.0 Å². The highest BCUT2D eigenvalue weighted by atomic mass is 35.5. The molecule has 0 spiro atoms. The van der Waals surface area contributed by atoms with Gasteiger partial charge in [-0.15, -0.1) is 11.3 Å². The molecule has 4 nitrogen and oxygen atoms in total. The van der Waals surface area contributed by atoms with Crippen molar-refractivity contribution in [2.24, 2.45) is 0 Å². The van der Waals surface area contributed by atoms with E-state index >= 15 is 0 Å². The van der Waals surface area contributed by atoms with E-state index in [-0.39, 0.29) is 16.5 Å². The highest BCUT2D eigenvalue weighted by Crippen LogP contribution is 2.31. The van der Waals surface area contributed by atoms with Gasteiger partial charge in [0.15, 0.2) is 22.3 Å². The Bertz CT molecular complexity index is 1060. The molecule has 0 aliphatic carbocycles. The molecule has 2 heterocycles. The van der Waals surface area contributed by atoms with E-state index in [0.717, 1.165) is 10.2 Å². The van der Waals surface area contributed by atoms with E-state index in [4.69, 9.17) is 16.0 Å². The molecule has 0 aliphatic heterocycles. The van der Waals surface area contributed by atoms with Crippen LogP contribution in [0.1, 0.15) is 10.6 Å². The minimum Gasteiger partial charge on any atom is -0.448 e. The van der Waals surface area contributed by atoms with Crippen LogP contribution in [0.5, 0.6) is 0 Å². The number of halogens is 2. The third kappa shape index (κ3) is 3.01. The number of thiazole rings is 1. The van der Waals surface area contributed by atoms with Crippen LogP contribution in [-0.2, 0) is 0 Å². The van der Waals surface area contributed by atoms with Gasteiger partial charge in [0.2, 0.25) is 0 Å². The molecule has 0 atom stereocenters. The molecule has 0 radical (unpaired) electrons. The zero-order chi connectivity index (χ0) is 17.4. The van der Waals surface area contributed by atoms with E-state index in [1.807, 2.05) is 24.3 Å². The first-order valence-electron chi connectivity index (χ1n) is 7.33. The maximum atomic E-state index is 13.9. The first-order valence-corrected chi connectivity index (χ1v) is 8.52. The van der Waals surface area contributed by atoms with Gasteiger partial charge < -0.3 is 9.73 Å². The van der Waals surface area contributed by atoms with Gasteiger partial charge >= 0.3 is 0 Å². The number of carbonyl (C=O) groups is 1. The molecular formula is C18H10ClFN2O2S. The minimum absolute atomic E-state index is 0.00422. The fourth-order valence-electron chi connectivity index (χ4n) is 2.34. The molecule has 0 saturated heterocycles. The summed E-state index contributed by atoms with van der Waals surface area (Å²) in [6.45, 7) is 0. The van der Waals surface area contributed by atoms with Crippen molar-refractivity contribution in [3.8, 4) is 10.8 Å². The van der Waals surface area contributed by atoms with Crippen molar-refractivity contribution >= 4 is 44.7 Å². The third-order valence-corrected chi connectivity index (χ3v) is 4.88. The van der Waals surface area contributed by atoms with Gasteiger partial charge in [0.05, 0.1) is 20.9 Å². The Morgan fingerprint density at radius 1 is 1.12 bits per heavy atom. The van der Waals surface area contributed by atoms with Crippen LogP contribution >= 0.6 is 22.9 Å². The van der Waals surface area contributed by atoms with E-state index in [2.05, 4.69) is 10.3 Å². The zero-order valence-corrected chi connectivity index (χ0v) is 14.2. The lowest BCUT2D eigenvalue weighted by atomic mass is 10.3. The molecule has 2 aromatic carbocycles. The summed E-state index contributed by atoms with van der Waals surface area (Å²) in [7, 11) is 0. The van der Waals surface area contributed by atoms with E-state index in [0.29, 0.717) is 10.8 Å². The van der Waals surface area contributed by atoms with Crippen LogP contribution in [0, 0.1) is 5.82 Å². The Balaban J connectivity index is 1.60. The summed E-state index contributed by atoms with van der Waals surface area (Å²) >= 11 is 7.18. The molecule has 0 bridgehead atoms. The van der Waals surface area contributed by atoms with Gasteiger partial charge in [0.25, 0.3) is 5.91 Å². The summed E-state index contributed by atoms with van der Waals surface area (Å²) < 4.78 is 20.5. The number of hydrogen-bond donors (Lipinski definition) is 1. The van der Waals surface area contributed by atoms with Crippen LogP contribution in [-0.4, -0.2) is 10.9 Å². The number of amides is 1. The SMILES string of the molecule is O=C(Nc1cccc(Cl)c1F)c1ccc(-c2nc3ccccc3s2)o1. The summed E-state index contributed by atoms with van der Waals surface area (Å²) in [5.74, 6) is -0.699. The maximum Gasteiger partial charge on any atom is 0.291 e. The van der Waals surface area contributed by atoms with Crippen molar-refractivity contribution in [2.45, 2.75) is 0 Å². The number of nitrogens with zero attached hydrogens (tertiary/aromatic N) is 1. The number of aromatic nitrogens is 1. The lowest BCUT2D eigenvalue weighted by Crippen LogP contribution is -2.12. The number of carbonyl (C=O) groups excluding carboxylic acids is 1. The summed E-state index contributed by atoms with van der Waals surface area (Å²) in [5, 5.41) is 3.06. The number of hydrogen-bond acceptors (Lipinski definition) is 4. The molecule has 0 aliphatic rings. The first kappa shape index (κ1) is 15.8. The van der Waals surface area contributed by atoms with Gasteiger partial charge in [-0.3, -0.25) is 4.79 Å². The molecule has 0 unspecified atom stereocenters. The Kier molecular flexibility index (Phi) is 3.99. The topological polar surface area (TPSA) is 55.1 Å². The highest BCUT2D eigenvalue weighted by molar-refractivity contribution is 7.21. The van der Waals surface area contributed by atoms with Gasteiger partial charge in [-0.05, 0) is 36.4 Å². The van der Waals surface area contributed by atoms with Crippen molar-refractivity contribution in [2.75, 3.05) is 5.32 Å². The predicted molar refractivity (Wildman–Crippen MR) is 96.7 cm³/mol. The maximum absolute atomic E-state index is 13.9. The van der Waals surface area contributed by atoms with E-state index < -0.39 is 11.7 Å². The largest absolute Gasteiger partial charge is 0.448 e. The number of furan rings is 1. The number of anilines is 1. The van der Waals surface area contributed by atoms with E-state index in [1.165, 1.54) is 29.5 Å². The number of benzene rings is 2. The Hall–Kier alpha value is -2.70.